The van der Waals surface area contributed by atoms with Crippen LogP contribution in [0.15, 0.2) is 48.5 Å². The van der Waals surface area contributed by atoms with Gasteiger partial charge in [0.2, 0.25) is 5.82 Å². The lowest BCUT2D eigenvalue weighted by molar-refractivity contribution is 0.0965. The van der Waals surface area contributed by atoms with Crippen LogP contribution in [-0.2, 0) is 6.42 Å². The lowest BCUT2D eigenvalue weighted by Gasteiger charge is -2.34. The molecule has 1 aliphatic heterocycles. The summed E-state index contributed by atoms with van der Waals surface area (Å²) in [4.78, 5) is 19.3. The average molecular weight is 350 g/mol. The van der Waals surface area contributed by atoms with Crippen LogP contribution in [0.2, 0.25) is 0 Å². The number of aromatic nitrogens is 3. The molecule has 6 heteroatoms. The molecule has 0 unspecified atom stereocenters. The Morgan fingerprint density at radius 1 is 1.15 bits per heavy atom. The largest absolute Gasteiger partial charge is 0.303 e. The molecule has 3 aromatic rings. The number of aryl methyl sites for hydroxylation is 2. The van der Waals surface area contributed by atoms with E-state index in [9.17, 15) is 9.18 Å². The van der Waals surface area contributed by atoms with Gasteiger partial charge in [-0.1, -0.05) is 18.2 Å². The number of carbonyl (C=O) groups excluding carboxylic acids is 1. The van der Waals surface area contributed by atoms with Gasteiger partial charge in [0.1, 0.15) is 11.6 Å². The zero-order valence-electron chi connectivity index (χ0n) is 14.7. The molecular weight excluding hydrogens is 331 g/mol. The Morgan fingerprint density at radius 3 is 2.65 bits per heavy atom. The first-order chi connectivity index (χ1) is 12.5. The van der Waals surface area contributed by atoms with Gasteiger partial charge in [-0.15, -0.1) is 5.10 Å². The first kappa shape index (κ1) is 16.4. The van der Waals surface area contributed by atoms with Crippen molar-refractivity contribution in [1.29, 1.82) is 0 Å². The summed E-state index contributed by atoms with van der Waals surface area (Å²) < 4.78 is 14.7. The third-order valence-corrected chi connectivity index (χ3v) is 4.77. The zero-order valence-corrected chi connectivity index (χ0v) is 14.7. The molecule has 132 valence electrons. The Bertz CT molecular complexity index is 964. The predicted molar refractivity (Wildman–Crippen MR) is 97.1 cm³/mol. The third-order valence-electron chi connectivity index (χ3n) is 4.77. The Morgan fingerprint density at radius 2 is 1.88 bits per heavy atom. The molecule has 0 saturated carbocycles. The lowest BCUT2D eigenvalue weighted by atomic mass is 9.96. The Kier molecular flexibility index (Phi) is 4.03. The summed E-state index contributed by atoms with van der Waals surface area (Å²) in [6, 6.07) is 14.0. The molecule has 1 amide bonds. The molecule has 2 heterocycles. The summed E-state index contributed by atoms with van der Waals surface area (Å²) in [7, 11) is 0. The maximum absolute atomic E-state index is 13.2. The van der Waals surface area contributed by atoms with Gasteiger partial charge in [0.05, 0.1) is 5.69 Å². The van der Waals surface area contributed by atoms with Gasteiger partial charge in [-0.2, -0.15) is 0 Å². The fourth-order valence-electron chi connectivity index (χ4n) is 3.41. The van der Waals surface area contributed by atoms with Crippen molar-refractivity contribution in [3.63, 3.8) is 0 Å². The van der Waals surface area contributed by atoms with E-state index in [4.69, 9.17) is 0 Å². The Labute approximate surface area is 151 Å². The second kappa shape index (κ2) is 6.37. The van der Waals surface area contributed by atoms with E-state index in [1.165, 1.54) is 12.1 Å². The molecule has 0 fully saturated rings. The van der Waals surface area contributed by atoms with Crippen molar-refractivity contribution in [1.82, 2.24) is 14.8 Å². The van der Waals surface area contributed by atoms with Crippen LogP contribution < -0.4 is 4.90 Å². The first-order valence-electron chi connectivity index (χ1n) is 8.65. The van der Waals surface area contributed by atoms with E-state index in [0.717, 1.165) is 24.1 Å². The number of anilines is 1. The van der Waals surface area contributed by atoms with Crippen molar-refractivity contribution in [2.75, 3.05) is 4.90 Å². The third kappa shape index (κ3) is 2.77. The molecule has 0 spiro atoms. The first-order valence-corrected chi connectivity index (χ1v) is 8.65. The van der Waals surface area contributed by atoms with Gasteiger partial charge in [0.15, 0.2) is 0 Å². The highest BCUT2D eigenvalue weighted by Crippen LogP contribution is 2.31. The summed E-state index contributed by atoms with van der Waals surface area (Å²) in [6.07, 6.45) is 1.86. The Balaban J connectivity index is 1.71. The van der Waals surface area contributed by atoms with Gasteiger partial charge in [-0.25, -0.2) is 14.1 Å². The van der Waals surface area contributed by atoms with Crippen LogP contribution in [0.5, 0.6) is 0 Å². The second-order valence-corrected chi connectivity index (χ2v) is 6.56. The minimum absolute atomic E-state index is 0.0791. The van der Waals surface area contributed by atoms with Gasteiger partial charge in [-0.3, -0.25) is 4.79 Å². The lowest BCUT2D eigenvalue weighted by Crippen LogP contribution is -2.42. The fourth-order valence-corrected chi connectivity index (χ4v) is 3.41. The van der Waals surface area contributed by atoms with Crippen LogP contribution in [-0.4, -0.2) is 26.7 Å². The molecule has 1 aliphatic rings. The van der Waals surface area contributed by atoms with Crippen molar-refractivity contribution >= 4 is 11.6 Å². The molecule has 1 aromatic heterocycles. The second-order valence-electron chi connectivity index (χ2n) is 6.56. The molecule has 0 N–H and O–H groups in total. The van der Waals surface area contributed by atoms with Gasteiger partial charge in [0, 0.05) is 11.7 Å². The number of hydrogen-bond acceptors (Lipinski definition) is 3. The highest BCUT2D eigenvalue weighted by atomic mass is 19.1. The number of hydrogen-bond donors (Lipinski definition) is 0. The van der Waals surface area contributed by atoms with E-state index in [0.29, 0.717) is 11.5 Å². The topological polar surface area (TPSA) is 51.0 Å². The van der Waals surface area contributed by atoms with Crippen molar-refractivity contribution in [3.05, 3.63) is 71.6 Å². The molecule has 4 rings (SSSR count). The molecule has 0 saturated heterocycles. The monoisotopic (exact) mass is 350 g/mol. The highest BCUT2D eigenvalue weighted by Gasteiger charge is 2.31. The summed E-state index contributed by atoms with van der Waals surface area (Å²) in [5.41, 5.74) is 2.75. The van der Waals surface area contributed by atoms with E-state index >= 15 is 0 Å². The average Bonchev–Trinajstić information content (AvgIpc) is 3.03. The SMILES string of the molecule is Cc1nc(C(=O)N2c3ccccc3CC[C@H]2C)nn1-c1ccc(F)cc1. The van der Waals surface area contributed by atoms with Crippen molar-refractivity contribution in [2.45, 2.75) is 32.7 Å². The van der Waals surface area contributed by atoms with Crippen LogP contribution in [0, 0.1) is 12.7 Å². The minimum atomic E-state index is -0.318. The van der Waals surface area contributed by atoms with Crippen LogP contribution in [0.4, 0.5) is 10.1 Å². The molecule has 0 bridgehead atoms. The number of para-hydroxylation sites is 1. The molecule has 26 heavy (non-hydrogen) atoms. The van der Waals surface area contributed by atoms with Crippen LogP contribution in [0.1, 0.15) is 35.4 Å². The van der Waals surface area contributed by atoms with E-state index < -0.39 is 0 Å². The van der Waals surface area contributed by atoms with E-state index in [-0.39, 0.29) is 23.6 Å². The summed E-state index contributed by atoms with van der Waals surface area (Å²) in [5.74, 6) is 0.198. The van der Waals surface area contributed by atoms with Crippen LogP contribution in [0.25, 0.3) is 5.69 Å². The van der Waals surface area contributed by atoms with Crippen LogP contribution in [0.3, 0.4) is 0 Å². The molecule has 1 atom stereocenters. The molecular formula is C20H19FN4O. The van der Waals surface area contributed by atoms with Gasteiger partial charge < -0.3 is 4.90 Å². The fraction of sp³-hybridized carbons (Fsp3) is 0.250. The molecule has 0 radical (unpaired) electrons. The number of amides is 1. The number of benzene rings is 2. The predicted octanol–water partition coefficient (Wildman–Crippen LogP) is 3.70. The normalized spacial score (nSPS) is 16.4. The minimum Gasteiger partial charge on any atom is -0.303 e. The number of rotatable bonds is 2. The van der Waals surface area contributed by atoms with Crippen molar-refractivity contribution in [2.24, 2.45) is 0 Å². The standard InChI is InChI=1S/C20H19FN4O/c1-13-7-8-15-5-3-4-6-18(15)24(13)20(26)19-22-14(2)25(23-19)17-11-9-16(21)10-12-17/h3-6,9-13H,7-8H2,1-2H3/t13-/m1/s1. The number of halogens is 1. The summed E-state index contributed by atoms with van der Waals surface area (Å²) in [6.45, 7) is 3.82. The van der Waals surface area contributed by atoms with Crippen LogP contribution >= 0.6 is 0 Å². The maximum atomic E-state index is 13.2. The van der Waals surface area contributed by atoms with Crippen molar-refractivity contribution < 1.29 is 9.18 Å². The molecule has 5 nitrogen and oxygen atoms in total. The van der Waals surface area contributed by atoms with Crippen molar-refractivity contribution in [3.8, 4) is 5.69 Å². The number of carbonyl (C=O) groups is 1. The smallest absolute Gasteiger partial charge is 0.298 e. The maximum Gasteiger partial charge on any atom is 0.298 e. The summed E-state index contributed by atoms with van der Waals surface area (Å²) >= 11 is 0. The number of fused-ring (bicyclic) bond motifs is 1. The van der Waals surface area contributed by atoms with E-state index in [2.05, 4.69) is 16.1 Å². The van der Waals surface area contributed by atoms with E-state index in [1.807, 2.05) is 25.1 Å². The zero-order chi connectivity index (χ0) is 18.3. The molecule has 0 aliphatic carbocycles. The highest BCUT2D eigenvalue weighted by molar-refractivity contribution is 6.04. The number of nitrogens with zero attached hydrogens (tertiary/aromatic N) is 4. The quantitative estimate of drug-likeness (QED) is 0.708. The van der Waals surface area contributed by atoms with Gasteiger partial charge in [-0.05, 0) is 62.6 Å². The molecule has 2 aromatic carbocycles. The van der Waals surface area contributed by atoms with Gasteiger partial charge in [0.25, 0.3) is 5.91 Å². The Hall–Kier alpha value is -3.02. The van der Waals surface area contributed by atoms with Gasteiger partial charge >= 0.3 is 0 Å². The van der Waals surface area contributed by atoms with E-state index in [1.54, 1.807) is 28.6 Å². The summed E-state index contributed by atoms with van der Waals surface area (Å²) in [5, 5.41) is 4.38.